The molecule has 0 spiro atoms. The molecular formula is C14H18BBrFNO4. The molecule has 1 aromatic rings. The normalized spacial score (nSPS) is 20.9. The van der Waals surface area contributed by atoms with Crippen molar-refractivity contribution in [2.24, 2.45) is 0 Å². The number of aliphatic carboxylic acids is 1. The Bertz CT molecular complexity index is 580. The zero-order valence-corrected chi connectivity index (χ0v) is 14.5. The van der Waals surface area contributed by atoms with Crippen LogP contribution < -0.4 is 0 Å². The molecule has 2 heterocycles. The van der Waals surface area contributed by atoms with E-state index in [0.29, 0.717) is 4.60 Å². The van der Waals surface area contributed by atoms with Gasteiger partial charge in [-0.15, -0.1) is 0 Å². The third kappa shape index (κ3) is 3.34. The molecule has 1 aliphatic rings. The fourth-order valence-corrected chi connectivity index (χ4v) is 2.65. The fraction of sp³-hybridized carbons (Fsp3) is 0.571. The molecule has 8 heteroatoms. The first-order valence-electron chi connectivity index (χ1n) is 6.92. The number of hydrogen-bond acceptors (Lipinski definition) is 4. The van der Waals surface area contributed by atoms with Crippen LogP contribution in [0.15, 0.2) is 16.9 Å². The number of nitrogens with zero attached hydrogens (tertiary/aromatic N) is 1. The maximum Gasteiger partial charge on any atom is 0.466 e. The van der Waals surface area contributed by atoms with Gasteiger partial charge in [-0.25, -0.2) is 9.37 Å². The van der Waals surface area contributed by atoms with E-state index < -0.39 is 35.9 Å². The Morgan fingerprint density at radius 1 is 1.41 bits per heavy atom. The van der Waals surface area contributed by atoms with E-state index >= 15 is 0 Å². The standard InChI is InChI=1S/C14H18BBrFNO4/c1-13(2)14(3,4)22-15(21-13)9(6-12(19)20)8-5-11(16)18-7-10(8)17/h5,7,9H,6H2,1-4H3,(H,19,20). The Labute approximate surface area is 137 Å². The number of halogens is 2. The minimum Gasteiger partial charge on any atom is -0.481 e. The summed E-state index contributed by atoms with van der Waals surface area (Å²) in [6.07, 6.45) is 0.754. The molecule has 5 nitrogen and oxygen atoms in total. The second-order valence-electron chi connectivity index (χ2n) is 6.36. The van der Waals surface area contributed by atoms with Crippen LogP contribution in [-0.4, -0.2) is 34.4 Å². The first-order chi connectivity index (χ1) is 10.0. The average Bonchev–Trinajstić information content (AvgIpc) is 2.58. The maximum atomic E-state index is 14.1. The minimum atomic E-state index is -1.05. The number of carboxylic acids is 1. The topological polar surface area (TPSA) is 68.7 Å². The van der Waals surface area contributed by atoms with Crippen LogP contribution in [0.5, 0.6) is 0 Å². The summed E-state index contributed by atoms with van der Waals surface area (Å²) in [5, 5.41) is 9.17. The summed E-state index contributed by atoms with van der Waals surface area (Å²) in [6.45, 7) is 7.46. The third-order valence-corrected chi connectivity index (χ3v) is 4.68. The van der Waals surface area contributed by atoms with E-state index in [1.807, 2.05) is 27.7 Å². The highest BCUT2D eigenvalue weighted by Crippen LogP contribution is 2.42. The van der Waals surface area contributed by atoms with E-state index in [2.05, 4.69) is 20.9 Å². The molecule has 0 saturated carbocycles. The van der Waals surface area contributed by atoms with Crippen molar-refractivity contribution in [3.63, 3.8) is 0 Å². The lowest BCUT2D eigenvalue weighted by Crippen LogP contribution is -2.41. The quantitative estimate of drug-likeness (QED) is 0.648. The summed E-state index contributed by atoms with van der Waals surface area (Å²) in [6, 6.07) is 1.47. The van der Waals surface area contributed by atoms with Crippen LogP contribution in [0.1, 0.15) is 45.5 Å². The second kappa shape index (κ2) is 5.90. The number of rotatable bonds is 4. The molecule has 1 saturated heterocycles. The lowest BCUT2D eigenvalue weighted by Gasteiger charge is -2.32. The van der Waals surface area contributed by atoms with Crippen LogP contribution in [-0.2, 0) is 14.1 Å². The van der Waals surface area contributed by atoms with Crippen molar-refractivity contribution in [1.82, 2.24) is 4.98 Å². The highest BCUT2D eigenvalue weighted by molar-refractivity contribution is 9.10. The SMILES string of the molecule is CC1(C)OB(C(CC(=O)O)c2cc(Br)ncc2F)OC1(C)C. The van der Waals surface area contributed by atoms with Gasteiger partial charge >= 0.3 is 13.1 Å². The van der Waals surface area contributed by atoms with Gasteiger partial charge in [-0.3, -0.25) is 4.79 Å². The molecule has 1 aromatic heterocycles. The predicted octanol–water partition coefficient (Wildman–Crippen LogP) is 3.17. The van der Waals surface area contributed by atoms with Crippen LogP contribution in [0.2, 0.25) is 0 Å². The predicted molar refractivity (Wildman–Crippen MR) is 83.0 cm³/mol. The largest absolute Gasteiger partial charge is 0.481 e. The molecule has 0 radical (unpaired) electrons. The summed E-state index contributed by atoms with van der Waals surface area (Å²) in [5.41, 5.74) is -1.02. The first kappa shape index (κ1) is 17.4. The first-order valence-corrected chi connectivity index (χ1v) is 7.71. The summed E-state index contributed by atoms with van der Waals surface area (Å²) >= 11 is 3.18. The Morgan fingerprint density at radius 2 is 1.95 bits per heavy atom. The van der Waals surface area contributed by atoms with Crippen molar-refractivity contribution < 1.29 is 23.6 Å². The van der Waals surface area contributed by atoms with Crippen LogP contribution in [0.3, 0.4) is 0 Å². The highest BCUT2D eigenvalue weighted by atomic mass is 79.9. The van der Waals surface area contributed by atoms with Gasteiger partial charge in [0, 0.05) is 5.82 Å². The van der Waals surface area contributed by atoms with Crippen molar-refractivity contribution in [1.29, 1.82) is 0 Å². The van der Waals surface area contributed by atoms with Gasteiger partial charge < -0.3 is 14.4 Å². The Morgan fingerprint density at radius 3 is 2.45 bits per heavy atom. The van der Waals surface area contributed by atoms with Crippen molar-refractivity contribution in [2.45, 2.75) is 51.1 Å². The van der Waals surface area contributed by atoms with E-state index in [1.54, 1.807) is 0 Å². The molecule has 1 atom stereocenters. The highest BCUT2D eigenvalue weighted by Gasteiger charge is 2.54. The number of carbonyl (C=O) groups is 1. The molecule has 2 rings (SSSR count). The van der Waals surface area contributed by atoms with Gasteiger partial charge in [0.05, 0.1) is 23.8 Å². The molecule has 22 heavy (non-hydrogen) atoms. The number of hydrogen-bond donors (Lipinski definition) is 1. The molecule has 0 bridgehead atoms. The number of carboxylic acid groups (broad SMARTS) is 1. The lowest BCUT2D eigenvalue weighted by molar-refractivity contribution is -0.137. The van der Waals surface area contributed by atoms with E-state index in [1.165, 1.54) is 6.07 Å². The van der Waals surface area contributed by atoms with E-state index in [0.717, 1.165) is 6.20 Å². The summed E-state index contributed by atoms with van der Waals surface area (Å²) < 4.78 is 26.3. The van der Waals surface area contributed by atoms with Crippen molar-refractivity contribution in [2.75, 3.05) is 0 Å². The van der Waals surface area contributed by atoms with Gasteiger partial charge in [-0.2, -0.15) is 0 Å². The zero-order chi connectivity index (χ0) is 16.7. The summed E-state index contributed by atoms with van der Waals surface area (Å²) in [7, 11) is -0.843. The minimum absolute atomic E-state index is 0.211. The maximum absolute atomic E-state index is 14.1. The molecule has 0 aromatic carbocycles. The van der Waals surface area contributed by atoms with Gasteiger partial charge in [-0.05, 0) is 55.3 Å². The number of aromatic nitrogens is 1. The van der Waals surface area contributed by atoms with Gasteiger partial charge in [-0.1, -0.05) is 0 Å². The second-order valence-corrected chi connectivity index (χ2v) is 7.17. The van der Waals surface area contributed by atoms with Gasteiger partial charge in [0.2, 0.25) is 0 Å². The monoisotopic (exact) mass is 373 g/mol. The molecule has 1 aliphatic heterocycles. The molecule has 1 N–H and O–H groups in total. The van der Waals surface area contributed by atoms with E-state index in [9.17, 15) is 9.18 Å². The van der Waals surface area contributed by atoms with E-state index in [-0.39, 0.29) is 12.0 Å². The third-order valence-electron chi connectivity index (χ3n) is 4.25. The molecule has 0 aliphatic carbocycles. The van der Waals surface area contributed by atoms with Crippen LogP contribution in [0.4, 0.5) is 4.39 Å². The molecule has 1 fully saturated rings. The number of pyridine rings is 1. The summed E-state index contributed by atoms with van der Waals surface area (Å²) in [5.74, 6) is -2.39. The lowest BCUT2D eigenvalue weighted by atomic mass is 9.66. The zero-order valence-electron chi connectivity index (χ0n) is 12.9. The Kier molecular flexibility index (Phi) is 4.66. The molecule has 120 valence electrons. The fourth-order valence-electron chi connectivity index (χ4n) is 2.31. The van der Waals surface area contributed by atoms with Gasteiger partial charge in [0.1, 0.15) is 10.4 Å². The molecule has 0 amide bonds. The summed E-state index contributed by atoms with van der Waals surface area (Å²) in [4.78, 5) is 15.0. The van der Waals surface area contributed by atoms with Crippen LogP contribution in [0.25, 0.3) is 0 Å². The Balaban J connectivity index is 2.40. The molecule has 1 unspecified atom stereocenters. The average molecular weight is 374 g/mol. The van der Waals surface area contributed by atoms with Crippen molar-refractivity contribution >= 4 is 29.0 Å². The Hall–Kier alpha value is -0.985. The van der Waals surface area contributed by atoms with Gasteiger partial charge in [0.25, 0.3) is 0 Å². The van der Waals surface area contributed by atoms with Crippen molar-refractivity contribution in [3.8, 4) is 0 Å². The van der Waals surface area contributed by atoms with Crippen LogP contribution >= 0.6 is 15.9 Å². The van der Waals surface area contributed by atoms with E-state index in [4.69, 9.17) is 14.4 Å². The van der Waals surface area contributed by atoms with Crippen molar-refractivity contribution in [3.05, 3.63) is 28.2 Å². The molecular weight excluding hydrogens is 356 g/mol. The van der Waals surface area contributed by atoms with Crippen LogP contribution in [0, 0.1) is 5.82 Å². The van der Waals surface area contributed by atoms with Gasteiger partial charge in [0.15, 0.2) is 0 Å². The smallest absolute Gasteiger partial charge is 0.466 e.